The van der Waals surface area contributed by atoms with Gasteiger partial charge in [0.2, 0.25) is 0 Å². The molecule has 0 saturated heterocycles. The van der Waals surface area contributed by atoms with Gasteiger partial charge in [-0.25, -0.2) is 4.39 Å². The number of allylic oxidation sites excluding steroid dienone is 1. The third kappa shape index (κ3) is 4.14. The van der Waals surface area contributed by atoms with Gasteiger partial charge in [-0.1, -0.05) is 6.08 Å². The molecular weight excluding hydrogens is 205 g/mol. The molecule has 0 bridgehead atoms. The number of alkyl halides is 6. The lowest BCUT2D eigenvalue weighted by atomic mass is 10.1. The normalized spacial score (nSPS) is 14.5. The molecule has 0 aromatic rings. The summed E-state index contributed by atoms with van der Waals surface area (Å²) in [5.41, 5.74) is 0. The van der Waals surface area contributed by atoms with Crippen LogP contribution in [0.15, 0.2) is 12.4 Å². The standard InChI is InChI=1S/C6H5F7/c7-3-1-2-4(5(8,9)10)6(11,12)13/h1,3-4H,2H2/b3-1+. The molecule has 0 aromatic heterocycles. The number of hydrogen-bond donors (Lipinski definition) is 0. The highest BCUT2D eigenvalue weighted by Crippen LogP contribution is 2.41. The highest BCUT2D eigenvalue weighted by atomic mass is 19.4. The first-order chi connectivity index (χ1) is 5.69. The van der Waals surface area contributed by atoms with E-state index < -0.39 is 24.7 Å². The molecule has 0 aliphatic heterocycles. The van der Waals surface area contributed by atoms with Gasteiger partial charge in [-0.05, 0) is 6.42 Å². The minimum absolute atomic E-state index is 0.186. The Morgan fingerprint density at radius 3 is 1.54 bits per heavy atom. The molecule has 0 saturated carbocycles. The highest BCUT2D eigenvalue weighted by Gasteiger charge is 2.55. The summed E-state index contributed by atoms with van der Waals surface area (Å²) in [5.74, 6) is -3.49. The zero-order chi connectivity index (χ0) is 10.7. The van der Waals surface area contributed by atoms with Crippen LogP contribution in [-0.2, 0) is 0 Å². The van der Waals surface area contributed by atoms with Gasteiger partial charge in [-0.15, -0.1) is 0 Å². The first kappa shape index (κ1) is 12.2. The molecule has 0 atom stereocenters. The predicted molar refractivity (Wildman–Crippen MR) is 30.5 cm³/mol. The Bertz CT molecular complexity index is 160. The van der Waals surface area contributed by atoms with Crippen molar-refractivity contribution in [2.24, 2.45) is 5.92 Å². The summed E-state index contributed by atoms with van der Waals surface area (Å²) >= 11 is 0. The van der Waals surface area contributed by atoms with Crippen LogP contribution in [0.4, 0.5) is 30.7 Å². The fourth-order valence-electron chi connectivity index (χ4n) is 0.640. The molecule has 0 aliphatic rings. The Hall–Kier alpha value is -0.750. The first-order valence-electron chi connectivity index (χ1n) is 3.08. The van der Waals surface area contributed by atoms with Crippen LogP contribution in [-0.4, -0.2) is 12.4 Å². The number of halogens is 7. The quantitative estimate of drug-likeness (QED) is 0.611. The molecule has 0 radical (unpaired) electrons. The summed E-state index contributed by atoms with van der Waals surface area (Å²) in [4.78, 5) is 0. The Morgan fingerprint density at radius 1 is 0.923 bits per heavy atom. The predicted octanol–water partition coefficient (Wildman–Crippen LogP) is 3.60. The van der Waals surface area contributed by atoms with Crippen molar-refractivity contribution in [3.8, 4) is 0 Å². The van der Waals surface area contributed by atoms with Crippen molar-refractivity contribution < 1.29 is 30.7 Å². The van der Waals surface area contributed by atoms with Gasteiger partial charge in [0.15, 0.2) is 5.92 Å². The maximum Gasteiger partial charge on any atom is 0.400 e. The van der Waals surface area contributed by atoms with E-state index in [1.165, 1.54) is 0 Å². The largest absolute Gasteiger partial charge is 0.400 e. The minimum atomic E-state index is -5.39. The van der Waals surface area contributed by atoms with Crippen molar-refractivity contribution in [2.75, 3.05) is 0 Å². The monoisotopic (exact) mass is 210 g/mol. The summed E-state index contributed by atoms with van der Waals surface area (Å²) in [6.07, 6.45) is -12.4. The van der Waals surface area contributed by atoms with Crippen molar-refractivity contribution >= 4 is 0 Å². The van der Waals surface area contributed by atoms with E-state index in [1.807, 2.05) is 0 Å². The molecule has 0 aromatic carbocycles. The molecule has 7 heteroatoms. The Labute approximate surface area is 69.0 Å². The van der Waals surface area contributed by atoms with Crippen molar-refractivity contribution in [3.05, 3.63) is 12.4 Å². The van der Waals surface area contributed by atoms with Gasteiger partial charge in [0.1, 0.15) is 0 Å². The SMILES string of the molecule is F/C=C/CC(C(F)(F)F)C(F)(F)F. The van der Waals surface area contributed by atoms with E-state index in [0.717, 1.165) is 0 Å². The number of hydrogen-bond acceptors (Lipinski definition) is 0. The molecule has 0 rings (SSSR count). The van der Waals surface area contributed by atoms with Crippen LogP contribution >= 0.6 is 0 Å². The highest BCUT2D eigenvalue weighted by molar-refractivity contribution is 4.84. The van der Waals surface area contributed by atoms with E-state index in [2.05, 4.69) is 0 Å². The van der Waals surface area contributed by atoms with Crippen molar-refractivity contribution in [1.82, 2.24) is 0 Å². The minimum Gasteiger partial charge on any atom is -0.216 e. The summed E-state index contributed by atoms with van der Waals surface area (Å²) in [6, 6.07) is 0. The van der Waals surface area contributed by atoms with E-state index in [0.29, 0.717) is 0 Å². The third-order valence-electron chi connectivity index (χ3n) is 1.25. The second-order valence-corrected chi connectivity index (χ2v) is 2.23. The van der Waals surface area contributed by atoms with Crippen LogP contribution in [0.1, 0.15) is 6.42 Å². The van der Waals surface area contributed by atoms with Crippen LogP contribution in [0.3, 0.4) is 0 Å². The summed E-state index contributed by atoms with van der Waals surface area (Å²) in [5, 5.41) is 0. The Morgan fingerprint density at radius 2 is 1.31 bits per heavy atom. The lowest BCUT2D eigenvalue weighted by molar-refractivity contribution is -0.282. The average Bonchev–Trinajstić information content (AvgIpc) is 1.81. The van der Waals surface area contributed by atoms with Gasteiger partial charge in [0.05, 0.1) is 6.33 Å². The van der Waals surface area contributed by atoms with Crippen LogP contribution < -0.4 is 0 Å². The van der Waals surface area contributed by atoms with Crippen LogP contribution in [0.5, 0.6) is 0 Å². The molecule has 0 spiro atoms. The van der Waals surface area contributed by atoms with Gasteiger partial charge >= 0.3 is 12.4 Å². The maximum absolute atomic E-state index is 11.7. The molecular formula is C6H5F7. The molecule has 0 N–H and O–H groups in total. The third-order valence-corrected chi connectivity index (χ3v) is 1.25. The summed E-state index contributed by atoms with van der Waals surface area (Å²) in [7, 11) is 0. The molecule has 0 aliphatic carbocycles. The lowest BCUT2D eigenvalue weighted by Crippen LogP contribution is -2.35. The van der Waals surface area contributed by atoms with E-state index in [-0.39, 0.29) is 12.4 Å². The van der Waals surface area contributed by atoms with Crippen molar-refractivity contribution in [1.29, 1.82) is 0 Å². The molecule has 0 unspecified atom stereocenters. The van der Waals surface area contributed by atoms with Gasteiger partial charge in [0.25, 0.3) is 0 Å². The lowest BCUT2D eigenvalue weighted by Gasteiger charge is -2.21. The van der Waals surface area contributed by atoms with E-state index in [9.17, 15) is 30.7 Å². The zero-order valence-electron chi connectivity index (χ0n) is 6.08. The summed E-state index contributed by atoms with van der Waals surface area (Å²) < 4.78 is 81.2. The van der Waals surface area contributed by atoms with Gasteiger partial charge in [-0.3, -0.25) is 0 Å². The van der Waals surface area contributed by atoms with Gasteiger partial charge in [-0.2, -0.15) is 26.3 Å². The van der Waals surface area contributed by atoms with Gasteiger partial charge < -0.3 is 0 Å². The molecule has 0 nitrogen and oxygen atoms in total. The number of rotatable bonds is 2. The Kier molecular flexibility index (Phi) is 3.74. The fraction of sp³-hybridized carbons (Fsp3) is 0.667. The maximum atomic E-state index is 11.7. The van der Waals surface area contributed by atoms with Gasteiger partial charge in [0, 0.05) is 0 Å². The molecule has 78 valence electrons. The first-order valence-corrected chi connectivity index (χ1v) is 3.08. The van der Waals surface area contributed by atoms with Crippen LogP contribution in [0.25, 0.3) is 0 Å². The molecule has 0 amide bonds. The zero-order valence-corrected chi connectivity index (χ0v) is 6.08. The van der Waals surface area contributed by atoms with E-state index >= 15 is 0 Å². The second-order valence-electron chi connectivity index (χ2n) is 2.23. The average molecular weight is 210 g/mol. The fourth-order valence-corrected chi connectivity index (χ4v) is 0.640. The van der Waals surface area contributed by atoms with Crippen LogP contribution in [0, 0.1) is 5.92 Å². The van der Waals surface area contributed by atoms with E-state index in [4.69, 9.17) is 0 Å². The molecule has 0 fully saturated rings. The smallest absolute Gasteiger partial charge is 0.216 e. The molecule has 13 heavy (non-hydrogen) atoms. The van der Waals surface area contributed by atoms with Crippen molar-refractivity contribution in [3.63, 3.8) is 0 Å². The van der Waals surface area contributed by atoms with E-state index in [1.54, 1.807) is 0 Å². The second kappa shape index (κ2) is 3.97. The Balaban J connectivity index is 4.57. The summed E-state index contributed by atoms with van der Waals surface area (Å²) in [6.45, 7) is 0. The molecule has 0 heterocycles. The topological polar surface area (TPSA) is 0 Å². The van der Waals surface area contributed by atoms with Crippen LogP contribution in [0.2, 0.25) is 0 Å². The van der Waals surface area contributed by atoms with Crippen molar-refractivity contribution in [2.45, 2.75) is 18.8 Å².